The first-order valence-electron chi connectivity index (χ1n) is 1.99. The van der Waals surface area contributed by atoms with Crippen LogP contribution in [0.5, 0.6) is 0 Å². The van der Waals surface area contributed by atoms with Crippen molar-refractivity contribution >= 4 is 33.7 Å². The zero-order valence-electron chi connectivity index (χ0n) is 4.32. The van der Waals surface area contributed by atoms with E-state index in [2.05, 4.69) is 0 Å². The molecule has 1 nitrogen and oxygen atoms in total. The number of rotatable bonds is 2. The van der Waals surface area contributed by atoms with Crippen molar-refractivity contribution in [2.45, 2.75) is 17.9 Å². The molecule has 0 heterocycles. The Hall–Kier alpha value is 0.757. The lowest BCUT2D eigenvalue weighted by atomic mass is 10.5. The summed E-state index contributed by atoms with van der Waals surface area (Å²) in [6.07, 6.45) is -0.00463. The van der Waals surface area contributed by atoms with E-state index in [0.717, 1.165) is 0 Å². The van der Waals surface area contributed by atoms with E-state index in [4.69, 9.17) is 27.6 Å². The summed E-state index contributed by atoms with van der Waals surface area (Å²) < 4.78 is 4.89. The van der Waals surface area contributed by atoms with Crippen LogP contribution in [0.25, 0.3) is 0 Å². The summed E-state index contributed by atoms with van der Waals surface area (Å²) in [5, 5.41) is 0. The van der Waals surface area contributed by atoms with Crippen molar-refractivity contribution in [3.63, 3.8) is 0 Å². The Balaban J connectivity index is 3.14. The predicted molar refractivity (Wildman–Crippen MR) is 36.0 cm³/mol. The summed E-state index contributed by atoms with van der Waals surface area (Å²) in [5.74, 6) is 0. The quantitative estimate of drug-likeness (QED) is 0.420. The van der Waals surface area contributed by atoms with Gasteiger partial charge in [0.25, 0.3) is 0 Å². The second-order valence-electron chi connectivity index (χ2n) is 1.28. The predicted octanol–water partition coefficient (Wildman–Crippen LogP) is 0.476. The Morgan fingerprint density at radius 1 is 1.57 bits per heavy atom. The van der Waals surface area contributed by atoms with Gasteiger partial charge in [0.2, 0.25) is 0 Å². The summed E-state index contributed by atoms with van der Waals surface area (Å²) >= 11 is 10.8. The van der Waals surface area contributed by atoms with Crippen LogP contribution < -0.4 is 0 Å². The number of halogens is 2. The van der Waals surface area contributed by atoms with Gasteiger partial charge < -0.3 is 4.43 Å². The zero-order valence-corrected chi connectivity index (χ0v) is 7.83. The fraction of sp³-hybridized carbons (Fsp3) is 1.00. The van der Waals surface area contributed by atoms with Gasteiger partial charge in [0, 0.05) is 0 Å². The maximum absolute atomic E-state index is 5.39. The van der Waals surface area contributed by atoms with Crippen molar-refractivity contribution in [3.8, 4) is 0 Å². The SMILES string of the molecule is CC(O[SiH3])C(Cl)Cl. The molecule has 0 aromatic rings. The smallest absolute Gasteiger partial charge is 0.146 e. The fourth-order valence-electron chi connectivity index (χ4n) is 0.103. The van der Waals surface area contributed by atoms with Gasteiger partial charge in [-0.15, -0.1) is 23.2 Å². The van der Waals surface area contributed by atoms with Gasteiger partial charge in [-0.1, -0.05) is 0 Å². The Kier molecular flexibility index (Phi) is 4.12. The Morgan fingerprint density at radius 2 is 2.00 bits per heavy atom. The lowest BCUT2D eigenvalue weighted by molar-refractivity contribution is 0.260. The van der Waals surface area contributed by atoms with E-state index in [1.807, 2.05) is 6.92 Å². The molecule has 0 aromatic heterocycles. The van der Waals surface area contributed by atoms with Crippen LogP contribution in [0.4, 0.5) is 0 Å². The average Bonchev–Trinajstić information content (AvgIpc) is 1.65. The van der Waals surface area contributed by atoms with E-state index in [9.17, 15) is 0 Å². The molecule has 0 aliphatic heterocycles. The summed E-state index contributed by atoms with van der Waals surface area (Å²) in [6, 6.07) is 0. The Morgan fingerprint density at radius 3 is 2.00 bits per heavy atom. The number of hydrogen-bond acceptors (Lipinski definition) is 1. The second kappa shape index (κ2) is 3.72. The third kappa shape index (κ3) is 3.35. The van der Waals surface area contributed by atoms with Crippen LogP contribution in [0, 0.1) is 0 Å². The highest BCUT2D eigenvalue weighted by atomic mass is 35.5. The van der Waals surface area contributed by atoms with Crippen LogP contribution in [0.3, 0.4) is 0 Å². The van der Waals surface area contributed by atoms with Gasteiger partial charge in [-0.05, 0) is 6.92 Å². The molecule has 0 rings (SSSR count). The summed E-state index contributed by atoms with van der Waals surface area (Å²) in [6.45, 7) is 1.84. The van der Waals surface area contributed by atoms with Crippen LogP contribution in [0.15, 0.2) is 0 Å². The largest absolute Gasteiger partial charge is 0.423 e. The molecule has 0 aliphatic carbocycles. The summed E-state index contributed by atoms with van der Waals surface area (Å²) in [4.78, 5) is -0.377. The first kappa shape index (κ1) is 7.76. The molecular formula is C3H8Cl2OSi. The monoisotopic (exact) mass is 158 g/mol. The maximum atomic E-state index is 5.39. The molecule has 0 aliphatic rings. The van der Waals surface area contributed by atoms with Crippen molar-refractivity contribution in [1.29, 1.82) is 0 Å². The minimum absolute atomic E-state index is 0.00463. The fourth-order valence-corrected chi connectivity index (χ4v) is 0.926. The Labute approximate surface area is 56.5 Å². The molecule has 0 bridgehead atoms. The third-order valence-corrected chi connectivity index (χ3v) is 2.18. The highest BCUT2D eigenvalue weighted by Crippen LogP contribution is 2.08. The van der Waals surface area contributed by atoms with Crippen LogP contribution in [0.1, 0.15) is 6.92 Å². The highest BCUT2D eigenvalue weighted by Gasteiger charge is 2.06. The summed E-state index contributed by atoms with van der Waals surface area (Å²) in [5.41, 5.74) is 0. The number of alkyl halides is 2. The molecule has 0 fully saturated rings. The van der Waals surface area contributed by atoms with Gasteiger partial charge >= 0.3 is 0 Å². The van der Waals surface area contributed by atoms with E-state index < -0.39 is 0 Å². The molecule has 0 N–H and O–H groups in total. The lowest BCUT2D eigenvalue weighted by Gasteiger charge is -2.08. The molecule has 4 heteroatoms. The third-order valence-electron chi connectivity index (χ3n) is 0.727. The molecule has 0 saturated heterocycles. The zero-order chi connectivity index (χ0) is 5.86. The molecule has 0 spiro atoms. The van der Waals surface area contributed by atoms with E-state index >= 15 is 0 Å². The molecule has 0 saturated carbocycles. The average molecular weight is 159 g/mol. The van der Waals surface area contributed by atoms with Gasteiger partial charge in [0.15, 0.2) is 0 Å². The molecule has 0 aromatic carbocycles. The van der Waals surface area contributed by atoms with Crippen molar-refractivity contribution in [2.24, 2.45) is 0 Å². The second-order valence-corrected chi connectivity index (χ2v) is 2.91. The van der Waals surface area contributed by atoms with Crippen molar-refractivity contribution in [3.05, 3.63) is 0 Å². The summed E-state index contributed by atoms with van der Waals surface area (Å²) in [7, 11) is 0.702. The van der Waals surface area contributed by atoms with Gasteiger partial charge in [0.05, 0.1) is 6.10 Å². The van der Waals surface area contributed by atoms with Crippen LogP contribution in [-0.4, -0.2) is 21.4 Å². The minimum atomic E-state index is -0.377. The van der Waals surface area contributed by atoms with Gasteiger partial charge in [-0.2, -0.15) is 0 Å². The van der Waals surface area contributed by atoms with Gasteiger partial charge in [0.1, 0.15) is 15.3 Å². The normalized spacial score (nSPS) is 15.4. The van der Waals surface area contributed by atoms with Crippen molar-refractivity contribution in [2.75, 3.05) is 0 Å². The molecule has 44 valence electrons. The van der Waals surface area contributed by atoms with E-state index in [-0.39, 0.29) is 10.9 Å². The van der Waals surface area contributed by atoms with Gasteiger partial charge in [-0.25, -0.2) is 0 Å². The maximum Gasteiger partial charge on any atom is 0.146 e. The molecule has 1 atom stereocenters. The van der Waals surface area contributed by atoms with Crippen LogP contribution in [-0.2, 0) is 4.43 Å². The molecular weight excluding hydrogens is 151 g/mol. The van der Waals surface area contributed by atoms with Crippen molar-refractivity contribution < 1.29 is 4.43 Å². The topological polar surface area (TPSA) is 9.23 Å². The van der Waals surface area contributed by atoms with Crippen LogP contribution in [0.2, 0.25) is 0 Å². The first-order valence-corrected chi connectivity index (χ1v) is 3.68. The van der Waals surface area contributed by atoms with E-state index in [1.54, 1.807) is 0 Å². The molecule has 0 radical (unpaired) electrons. The molecule has 1 unspecified atom stereocenters. The van der Waals surface area contributed by atoms with E-state index in [0.29, 0.717) is 10.5 Å². The molecule has 0 amide bonds. The van der Waals surface area contributed by atoms with Crippen LogP contribution >= 0.6 is 23.2 Å². The number of hydrogen-bond donors (Lipinski definition) is 0. The first-order chi connectivity index (χ1) is 3.18. The Bertz CT molecular complexity index is 50.2. The minimum Gasteiger partial charge on any atom is -0.423 e. The highest BCUT2D eigenvalue weighted by molar-refractivity contribution is 6.44. The van der Waals surface area contributed by atoms with E-state index in [1.165, 1.54) is 0 Å². The molecule has 7 heavy (non-hydrogen) atoms. The van der Waals surface area contributed by atoms with Gasteiger partial charge in [-0.3, -0.25) is 0 Å². The standard InChI is InChI=1S/C3H8Cl2OSi/c1-2(6-7)3(4)5/h2-3H,1,7H3. The lowest BCUT2D eigenvalue weighted by Crippen LogP contribution is -2.13. The van der Waals surface area contributed by atoms with Crippen molar-refractivity contribution in [1.82, 2.24) is 0 Å².